The smallest absolute Gasteiger partial charge is 0.405 e. The highest BCUT2D eigenvalue weighted by Gasteiger charge is 2.20. The maximum absolute atomic E-state index is 13.1. The first-order valence-corrected chi connectivity index (χ1v) is 10.1. The lowest BCUT2D eigenvalue weighted by atomic mass is 9.86. The number of nitrogens with one attached hydrogen (secondary N) is 2. The number of rotatable bonds is 6. The number of carbonyl (C=O) groups is 2. The molecule has 168 valence electrons. The van der Waals surface area contributed by atoms with Gasteiger partial charge in [-0.1, -0.05) is 38.1 Å². The number of ether oxygens (including phenoxy) is 1. The van der Waals surface area contributed by atoms with Gasteiger partial charge in [0.05, 0.1) is 19.2 Å². The van der Waals surface area contributed by atoms with Gasteiger partial charge in [0.2, 0.25) is 0 Å². The van der Waals surface area contributed by atoms with Gasteiger partial charge < -0.3 is 25.0 Å². The van der Waals surface area contributed by atoms with Gasteiger partial charge >= 0.3 is 6.09 Å². The summed E-state index contributed by atoms with van der Waals surface area (Å²) in [7, 11) is 1.54. The van der Waals surface area contributed by atoms with Crippen LogP contribution in [0.1, 0.15) is 48.0 Å². The molecule has 3 rings (SSSR count). The molecule has 3 N–H and O–H groups in total. The molecule has 32 heavy (non-hydrogen) atoms. The number of aryl methyl sites for hydroxylation is 1. The van der Waals surface area contributed by atoms with Crippen LogP contribution < -0.4 is 15.4 Å². The quantitative estimate of drug-likeness (QED) is 0.501. The zero-order valence-electron chi connectivity index (χ0n) is 18.8. The fraction of sp³-hybridized carbons (Fsp3) is 0.292. The van der Waals surface area contributed by atoms with Gasteiger partial charge in [-0.3, -0.25) is 4.79 Å². The summed E-state index contributed by atoms with van der Waals surface area (Å²) < 4.78 is 10.6. The largest absolute Gasteiger partial charge is 0.496 e. The fourth-order valence-electron chi connectivity index (χ4n) is 3.21. The van der Waals surface area contributed by atoms with Gasteiger partial charge in [0.25, 0.3) is 5.91 Å². The van der Waals surface area contributed by atoms with E-state index in [4.69, 9.17) is 14.4 Å². The number of carboxylic acid groups (broad SMARTS) is 1. The van der Waals surface area contributed by atoms with Crippen LogP contribution in [0.25, 0.3) is 11.3 Å². The second-order valence-corrected chi connectivity index (χ2v) is 8.49. The number of aromatic nitrogens is 1. The molecule has 0 saturated carbocycles. The first kappa shape index (κ1) is 22.9. The molecule has 0 radical (unpaired) electrons. The van der Waals surface area contributed by atoms with Gasteiger partial charge in [0, 0.05) is 17.3 Å². The number of nitrogens with zero attached hydrogens (tertiary/aromatic N) is 1. The molecule has 0 unspecified atom stereocenters. The third kappa shape index (κ3) is 5.26. The Hall–Kier alpha value is -3.81. The van der Waals surface area contributed by atoms with E-state index in [2.05, 4.69) is 36.6 Å². The van der Waals surface area contributed by atoms with Crippen LogP contribution in [-0.2, 0) is 12.0 Å². The van der Waals surface area contributed by atoms with Crippen molar-refractivity contribution in [3.8, 4) is 17.0 Å². The summed E-state index contributed by atoms with van der Waals surface area (Å²) in [6.07, 6.45) is -1.14. The van der Waals surface area contributed by atoms with E-state index in [1.165, 1.54) is 7.11 Å². The summed E-state index contributed by atoms with van der Waals surface area (Å²) in [5, 5.41) is 17.9. The molecule has 2 amide bonds. The lowest BCUT2D eigenvalue weighted by molar-refractivity contribution is 0.102. The predicted octanol–water partition coefficient (Wildman–Crippen LogP) is 4.98. The van der Waals surface area contributed by atoms with Crippen LogP contribution in [0.5, 0.6) is 5.75 Å². The van der Waals surface area contributed by atoms with Crippen molar-refractivity contribution in [2.75, 3.05) is 12.4 Å². The molecule has 0 fully saturated rings. The normalized spacial score (nSPS) is 11.2. The Morgan fingerprint density at radius 3 is 2.53 bits per heavy atom. The maximum atomic E-state index is 13.1. The van der Waals surface area contributed by atoms with Gasteiger partial charge in [-0.25, -0.2) is 4.79 Å². The minimum atomic E-state index is -1.14. The average molecular weight is 437 g/mol. The van der Waals surface area contributed by atoms with E-state index < -0.39 is 6.09 Å². The number of anilines is 1. The highest BCUT2D eigenvalue weighted by atomic mass is 16.5. The van der Waals surface area contributed by atoms with Crippen molar-refractivity contribution in [2.24, 2.45) is 0 Å². The van der Waals surface area contributed by atoms with Gasteiger partial charge in [0.1, 0.15) is 11.4 Å². The average Bonchev–Trinajstić information content (AvgIpc) is 3.21. The SMILES string of the molecule is COc1ccc(C(C)(C)C)cc1C(=O)Nc1ccc(C)c(-c2cc(CNC(=O)O)on2)c1. The molecular weight excluding hydrogens is 410 g/mol. The number of amides is 2. The summed E-state index contributed by atoms with van der Waals surface area (Å²) in [4.78, 5) is 23.7. The molecule has 0 aliphatic rings. The lowest BCUT2D eigenvalue weighted by Crippen LogP contribution is -2.19. The van der Waals surface area contributed by atoms with Gasteiger partial charge in [-0.15, -0.1) is 0 Å². The second kappa shape index (κ2) is 9.13. The molecule has 1 aromatic heterocycles. The molecule has 0 saturated heterocycles. The molecule has 1 heterocycles. The first-order valence-electron chi connectivity index (χ1n) is 10.1. The van der Waals surface area contributed by atoms with Crippen molar-refractivity contribution in [3.05, 3.63) is 64.9 Å². The lowest BCUT2D eigenvalue weighted by Gasteiger charge is -2.21. The Kier molecular flexibility index (Phi) is 6.53. The summed E-state index contributed by atoms with van der Waals surface area (Å²) in [5.41, 5.74) is 4.20. The number of hydrogen-bond acceptors (Lipinski definition) is 5. The Bertz CT molecular complexity index is 1140. The monoisotopic (exact) mass is 437 g/mol. The third-order valence-electron chi connectivity index (χ3n) is 5.05. The summed E-state index contributed by atoms with van der Waals surface area (Å²) in [6.45, 7) is 8.19. The van der Waals surface area contributed by atoms with Crippen molar-refractivity contribution >= 4 is 17.7 Å². The Morgan fingerprint density at radius 2 is 1.88 bits per heavy atom. The highest BCUT2D eigenvalue weighted by molar-refractivity contribution is 6.06. The Labute approximate surface area is 186 Å². The number of carbonyl (C=O) groups excluding carboxylic acids is 1. The Morgan fingerprint density at radius 1 is 1.12 bits per heavy atom. The van der Waals surface area contributed by atoms with Crippen LogP contribution in [0.15, 0.2) is 47.0 Å². The van der Waals surface area contributed by atoms with Gasteiger partial charge in [-0.05, 0) is 47.7 Å². The molecule has 0 aliphatic heterocycles. The van der Waals surface area contributed by atoms with E-state index >= 15 is 0 Å². The van der Waals surface area contributed by atoms with Crippen LogP contribution in [0.4, 0.5) is 10.5 Å². The van der Waals surface area contributed by atoms with E-state index in [1.54, 1.807) is 18.2 Å². The summed E-state index contributed by atoms with van der Waals surface area (Å²) in [5.74, 6) is 0.601. The first-order chi connectivity index (χ1) is 15.1. The molecular formula is C24H27N3O5. The van der Waals surface area contributed by atoms with Crippen molar-refractivity contribution in [2.45, 2.75) is 39.7 Å². The van der Waals surface area contributed by atoms with E-state index in [-0.39, 0.29) is 17.9 Å². The van der Waals surface area contributed by atoms with Crippen molar-refractivity contribution in [1.29, 1.82) is 0 Å². The number of hydrogen-bond donors (Lipinski definition) is 3. The number of methoxy groups -OCH3 is 1. The van der Waals surface area contributed by atoms with Crippen LogP contribution in [0.2, 0.25) is 0 Å². The predicted molar refractivity (Wildman–Crippen MR) is 121 cm³/mol. The van der Waals surface area contributed by atoms with Crippen LogP contribution in [-0.4, -0.2) is 29.4 Å². The standard InChI is InChI=1S/C24H27N3O5/c1-14-6-8-16(11-18(14)20-12-17(32-27-20)13-25-23(29)30)26-22(28)19-10-15(24(2,3)4)7-9-21(19)31-5/h6-12,25H,13H2,1-5H3,(H,26,28)(H,29,30). The van der Waals surface area contributed by atoms with Gasteiger partial charge in [-0.2, -0.15) is 0 Å². The van der Waals surface area contributed by atoms with E-state index in [9.17, 15) is 9.59 Å². The molecule has 0 atom stereocenters. The topological polar surface area (TPSA) is 114 Å². The molecule has 0 bridgehead atoms. The summed E-state index contributed by atoms with van der Waals surface area (Å²) >= 11 is 0. The zero-order chi connectivity index (χ0) is 23.5. The van der Waals surface area contributed by atoms with Crippen LogP contribution >= 0.6 is 0 Å². The minimum Gasteiger partial charge on any atom is -0.496 e. The number of benzene rings is 2. The molecule has 8 nitrogen and oxygen atoms in total. The van der Waals surface area contributed by atoms with Crippen LogP contribution in [0.3, 0.4) is 0 Å². The van der Waals surface area contributed by atoms with Crippen molar-refractivity contribution in [3.63, 3.8) is 0 Å². The van der Waals surface area contributed by atoms with Crippen LogP contribution in [0, 0.1) is 6.92 Å². The highest BCUT2D eigenvalue weighted by Crippen LogP contribution is 2.30. The maximum Gasteiger partial charge on any atom is 0.405 e. The molecule has 0 aliphatic carbocycles. The van der Waals surface area contributed by atoms with E-state index in [0.29, 0.717) is 28.5 Å². The third-order valence-corrected chi connectivity index (χ3v) is 5.05. The van der Waals surface area contributed by atoms with Crippen molar-refractivity contribution in [1.82, 2.24) is 10.5 Å². The minimum absolute atomic E-state index is 0.0156. The molecule has 8 heteroatoms. The van der Waals surface area contributed by atoms with E-state index in [1.807, 2.05) is 31.2 Å². The fourth-order valence-corrected chi connectivity index (χ4v) is 3.21. The van der Waals surface area contributed by atoms with Crippen molar-refractivity contribution < 1.29 is 24.0 Å². The van der Waals surface area contributed by atoms with E-state index in [0.717, 1.165) is 16.7 Å². The summed E-state index contributed by atoms with van der Waals surface area (Å²) in [6, 6.07) is 12.8. The zero-order valence-corrected chi connectivity index (χ0v) is 18.8. The molecule has 2 aromatic carbocycles. The Balaban J connectivity index is 1.86. The van der Waals surface area contributed by atoms with Gasteiger partial charge in [0.15, 0.2) is 5.76 Å². The molecule has 0 spiro atoms. The second-order valence-electron chi connectivity index (χ2n) is 8.49. The molecule has 3 aromatic rings.